The number of hydrogen-bond acceptors (Lipinski definition) is 5. The van der Waals surface area contributed by atoms with Crippen LogP contribution in [0.15, 0.2) is 52.0 Å². The topological polar surface area (TPSA) is 88.8 Å². The SMILES string of the molecule is COc1cccc(S(=O)(=O)NCCC(O)c2ccco2)c1. The van der Waals surface area contributed by atoms with Crippen molar-refractivity contribution < 1.29 is 22.7 Å². The van der Waals surface area contributed by atoms with Crippen LogP contribution in [-0.2, 0) is 10.0 Å². The Kier molecular flexibility index (Phi) is 5.00. The summed E-state index contributed by atoms with van der Waals surface area (Å²) in [5.41, 5.74) is 0. The Hall–Kier alpha value is -1.83. The molecule has 21 heavy (non-hydrogen) atoms. The first-order valence-electron chi connectivity index (χ1n) is 6.38. The molecule has 0 spiro atoms. The Morgan fingerprint density at radius 2 is 2.14 bits per heavy atom. The molecule has 0 aliphatic rings. The number of nitrogens with one attached hydrogen (secondary N) is 1. The normalized spacial score (nSPS) is 13.0. The molecule has 7 heteroatoms. The highest BCUT2D eigenvalue weighted by atomic mass is 32.2. The van der Waals surface area contributed by atoms with Gasteiger partial charge in [-0.15, -0.1) is 0 Å². The van der Waals surface area contributed by atoms with E-state index in [1.54, 1.807) is 24.3 Å². The quantitative estimate of drug-likeness (QED) is 0.812. The van der Waals surface area contributed by atoms with Crippen LogP contribution in [0.1, 0.15) is 18.3 Å². The molecule has 0 aliphatic heterocycles. The standard InChI is InChI=1S/C14H17NO5S/c1-19-11-4-2-5-12(10-11)21(17,18)15-8-7-13(16)14-6-3-9-20-14/h2-6,9-10,13,15-16H,7-8H2,1H3. The second-order valence-corrected chi connectivity index (χ2v) is 6.16. The van der Waals surface area contributed by atoms with E-state index in [1.165, 1.54) is 25.5 Å². The summed E-state index contributed by atoms with van der Waals surface area (Å²) in [6.45, 7) is 0.0986. The van der Waals surface area contributed by atoms with E-state index in [0.717, 1.165) is 0 Å². The van der Waals surface area contributed by atoms with Gasteiger partial charge in [-0.2, -0.15) is 0 Å². The molecule has 2 aromatic rings. The third-order valence-electron chi connectivity index (χ3n) is 2.93. The Bertz CT molecular complexity index is 666. The first-order valence-corrected chi connectivity index (χ1v) is 7.86. The first kappa shape index (κ1) is 15.6. The van der Waals surface area contributed by atoms with Crippen molar-refractivity contribution in [2.24, 2.45) is 0 Å². The fourth-order valence-electron chi connectivity index (χ4n) is 1.80. The molecule has 2 rings (SSSR count). The summed E-state index contributed by atoms with van der Waals surface area (Å²) in [7, 11) is -2.16. The van der Waals surface area contributed by atoms with Gasteiger partial charge in [0.25, 0.3) is 0 Å². The Morgan fingerprint density at radius 1 is 1.33 bits per heavy atom. The number of methoxy groups -OCH3 is 1. The summed E-state index contributed by atoms with van der Waals surface area (Å²) in [4.78, 5) is 0.120. The summed E-state index contributed by atoms with van der Waals surface area (Å²) < 4.78 is 36.7. The second kappa shape index (κ2) is 6.75. The van der Waals surface area contributed by atoms with Crippen LogP contribution in [0, 0.1) is 0 Å². The smallest absolute Gasteiger partial charge is 0.240 e. The van der Waals surface area contributed by atoms with Crippen molar-refractivity contribution in [2.45, 2.75) is 17.4 Å². The third kappa shape index (κ3) is 4.07. The van der Waals surface area contributed by atoms with Crippen molar-refractivity contribution in [1.82, 2.24) is 4.72 Å². The molecule has 1 heterocycles. The molecule has 0 amide bonds. The molecule has 0 saturated carbocycles. The van der Waals surface area contributed by atoms with Gasteiger partial charge in [0.2, 0.25) is 10.0 Å². The molecule has 1 atom stereocenters. The minimum Gasteiger partial charge on any atom is -0.497 e. The summed E-state index contributed by atoms with van der Waals surface area (Å²) >= 11 is 0. The molecule has 1 unspecified atom stereocenters. The second-order valence-electron chi connectivity index (χ2n) is 4.40. The van der Waals surface area contributed by atoms with Crippen LogP contribution in [0.2, 0.25) is 0 Å². The van der Waals surface area contributed by atoms with Crippen molar-refractivity contribution in [1.29, 1.82) is 0 Å². The third-order valence-corrected chi connectivity index (χ3v) is 4.39. The van der Waals surface area contributed by atoms with Crippen LogP contribution in [-0.4, -0.2) is 27.2 Å². The van der Waals surface area contributed by atoms with Gasteiger partial charge in [0, 0.05) is 12.6 Å². The van der Waals surface area contributed by atoms with E-state index < -0.39 is 16.1 Å². The van der Waals surface area contributed by atoms with Crippen LogP contribution < -0.4 is 9.46 Å². The highest BCUT2D eigenvalue weighted by Gasteiger charge is 2.16. The zero-order chi connectivity index (χ0) is 15.3. The van der Waals surface area contributed by atoms with Crippen LogP contribution in [0.4, 0.5) is 0 Å². The lowest BCUT2D eigenvalue weighted by Gasteiger charge is -2.10. The van der Waals surface area contributed by atoms with Gasteiger partial charge in [0.15, 0.2) is 0 Å². The molecule has 0 saturated heterocycles. The lowest BCUT2D eigenvalue weighted by atomic mass is 10.2. The largest absolute Gasteiger partial charge is 0.497 e. The average Bonchev–Trinajstić information content (AvgIpc) is 3.01. The van der Waals surface area contributed by atoms with Gasteiger partial charge in [-0.25, -0.2) is 13.1 Å². The van der Waals surface area contributed by atoms with Gasteiger partial charge < -0.3 is 14.3 Å². The summed E-state index contributed by atoms with van der Waals surface area (Å²) in [6.07, 6.45) is 0.836. The Balaban J connectivity index is 1.95. The summed E-state index contributed by atoms with van der Waals surface area (Å²) in [5, 5.41) is 9.81. The number of rotatable bonds is 7. The molecular weight excluding hydrogens is 294 g/mol. The predicted molar refractivity (Wildman–Crippen MR) is 76.5 cm³/mol. The maximum atomic E-state index is 12.1. The fraction of sp³-hybridized carbons (Fsp3) is 0.286. The van der Waals surface area contributed by atoms with Crippen molar-refractivity contribution in [3.63, 3.8) is 0 Å². The maximum absolute atomic E-state index is 12.1. The molecule has 0 fully saturated rings. The van der Waals surface area contributed by atoms with E-state index in [-0.39, 0.29) is 17.9 Å². The number of furan rings is 1. The monoisotopic (exact) mass is 311 g/mol. The molecule has 2 N–H and O–H groups in total. The van der Waals surface area contributed by atoms with E-state index >= 15 is 0 Å². The Morgan fingerprint density at radius 3 is 2.81 bits per heavy atom. The predicted octanol–water partition coefficient (Wildman–Crippen LogP) is 1.69. The number of aliphatic hydroxyl groups is 1. The van der Waals surface area contributed by atoms with Gasteiger partial charge in [0.1, 0.15) is 17.6 Å². The molecular formula is C14H17NO5S. The van der Waals surface area contributed by atoms with E-state index in [0.29, 0.717) is 11.5 Å². The number of hydrogen-bond donors (Lipinski definition) is 2. The van der Waals surface area contributed by atoms with Crippen molar-refractivity contribution >= 4 is 10.0 Å². The lowest BCUT2D eigenvalue weighted by molar-refractivity contribution is 0.142. The molecule has 6 nitrogen and oxygen atoms in total. The molecule has 114 valence electrons. The van der Waals surface area contributed by atoms with Gasteiger partial charge in [-0.05, 0) is 30.7 Å². The zero-order valence-electron chi connectivity index (χ0n) is 11.5. The first-order chi connectivity index (χ1) is 10.0. The highest BCUT2D eigenvalue weighted by molar-refractivity contribution is 7.89. The summed E-state index contributed by atoms with van der Waals surface area (Å²) in [6, 6.07) is 9.49. The van der Waals surface area contributed by atoms with Crippen LogP contribution >= 0.6 is 0 Å². The maximum Gasteiger partial charge on any atom is 0.240 e. The van der Waals surface area contributed by atoms with Gasteiger partial charge >= 0.3 is 0 Å². The average molecular weight is 311 g/mol. The van der Waals surface area contributed by atoms with Crippen molar-refractivity contribution in [2.75, 3.05) is 13.7 Å². The number of aliphatic hydroxyl groups excluding tert-OH is 1. The van der Waals surface area contributed by atoms with E-state index in [9.17, 15) is 13.5 Å². The van der Waals surface area contributed by atoms with E-state index in [4.69, 9.17) is 9.15 Å². The van der Waals surface area contributed by atoms with E-state index in [1.807, 2.05) is 0 Å². The van der Waals surface area contributed by atoms with Gasteiger partial charge in [-0.1, -0.05) is 6.07 Å². The molecule has 0 radical (unpaired) electrons. The van der Waals surface area contributed by atoms with Crippen molar-refractivity contribution in [3.8, 4) is 5.75 Å². The fourth-order valence-corrected chi connectivity index (χ4v) is 2.89. The van der Waals surface area contributed by atoms with Crippen molar-refractivity contribution in [3.05, 3.63) is 48.4 Å². The summed E-state index contributed by atoms with van der Waals surface area (Å²) in [5.74, 6) is 0.879. The zero-order valence-corrected chi connectivity index (χ0v) is 12.3. The minimum atomic E-state index is -3.63. The van der Waals surface area contributed by atoms with Gasteiger partial charge in [0.05, 0.1) is 18.3 Å². The molecule has 1 aromatic heterocycles. The minimum absolute atomic E-state index is 0.0986. The van der Waals surface area contributed by atoms with Crippen LogP contribution in [0.3, 0.4) is 0 Å². The highest BCUT2D eigenvalue weighted by Crippen LogP contribution is 2.18. The molecule has 0 bridgehead atoms. The Labute approximate surface area is 123 Å². The molecule has 0 aliphatic carbocycles. The number of benzene rings is 1. The number of ether oxygens (including phenoxy) is 1. The lowest BCUT2D eigenvalue weighted by Crippen LogP contribution is -2.25. The van der Waals surface area contributed by atoms with Gasteiger partial charge in [-0.3, -0.25) is 0 Å². The van der Waals surface area contributed by atoms with Crippen LogP contribution in [0.5, 0.6) is 5.75 Å². The molecule has 1 aromatic carbocycles. The van der Waals surface area contributed by atoms with E-state index in [2.05, 4.69) is 4.72 Å². The van der Waals surface area contributed by atoms with Crippen LogP contribution in [0.25, 0.3) is 0 Å². The number of sulfonamides is 1.